The number of carbonyl (C=O) groups excluding carboxylic acids is 2. The summed E-state index contributed by atoms with van der Waals surface area (Å²) in [4.78, 5) is 27.3. The molecule has 2 amide bonds. The van der Waals surface area contributed by atoms with E-state index in [4.69, 9.17) is 16.9 Å². The topological polar surface area (TPSA) is 73.2 Å². The van der Waals surface area contributed by atoms with Crippen molar-refractivity contribution in [3.63, 3.8) is 0 Å². The number of amides is 2. The van der Waals surface area contributed by atoms with E-state index in [0.29, 0.717) is 42.2 Å². The van der Waals surface area contributed by atoms with Crippen molar-refractivity contribution in [3.05, 3.63) is 51.2 Å². The van der Waals surface area contributed by atoms with Gasteiger partial charge in [-0.1, -0.05) is 17.7 Å². The molecule has 0 bridgehead atoms. The van der Waals surface area contributed by atoms with Crippen LogP contribution < -0.4 is 5.32 Å². The van der Waals surface area contributed by atoms with Crippen molar-refractivity contribution in [2.75, 3.05) is 18.4 Å². The lowest BCUT2D eigenvalue weighted by Crippen LogP contribution is -2.41. The zero-order valence-corrected chi connectivity index (χ0v) is 14.9. The number of rotatable bonds is 3. The number of nitriles is 1. The minimum atomic E-state index is -0.145. The number of piperidine rings is 1. The maximum atomic E-state index is 12.4. The number of nitrogens with one attached hydrogen (secondary N) is 1. The number of hydrogen-bond donors (Lipinski definition) is 1. The van der Waals surface area contributed by atoms with Crippen LogP contribution in [-0.4, -0.2) is 29.8 Å². The summed E-state index contributed by atoms with van der Waals surface area (Å²) in [5.41, 5.74) is 0.888. The van der Waals surface area contributed by atoms with Crippen molar-refractivity contribution in [2.45, 2.75) is 12.8 Å². The molecular weight excluding hydrogens is 358 g/mol. The molecule has 0 unspecified atom stereocenters. The maximum Gasteiger partial charge on any atom is 0.263 e. The molecule has 0 aliphatic carbocycles. The van der Waals surface area contributed by atoms with Crippen LogP contribution in [0, 0.1) is 17.2 Å². The van der Waals surface area contributed by atoms with Crippen molar-refractivity contribution >= 4 is 40.4 Å². The number of hydrogen-bond acceptors (Lipinski definition) is 4. The highest BCUT2D eigenvalue weighted by atomic mass is 35.5. The molecule has 1 aromatic carbocycles. The number of nitrogens with zero attached hydrogens (tertiary/aromatic N) is 2. The molecule has 25 heavy (non-hydrogen) atoms. The van der Waals surface area contributed by atoms with Crippen molar-refractivity contribution in [2.24, 2.45) is 5.92 Å². The Hall–Kier alpha value is -2.36. The number of anilines is 1. The van der Waals surface area contributed by atoms with Gasteiger partial charge in [0.2, 0.25) is 5.91 Å². The van der Waals surface area contributed by atoms with Crippen LogP contribution in [0.3, 0.4) is 0 Å². The van der Waals surface area contributed by atoms with Crippen LogP contribution >= 0.6 is 22.9 Å². The van der Waals surface area contributed by atoms with Gasteiger partial charge in [-0.2, -0.15) is 5.26 Å². The molecule has 128 valence electrons. The lowest BCUT2D eigenvalue weighted by molar-refractivity contribution is -0.121. The van der Waals surface area contributed by atoms with Gasteiger partial charge in [-0.25, -0.2) is 0 Å². The average molecular weight is 374 g/mol. The Kier molecular flexibility index (Phi) is 5.37. The van der Waals surface area contributed by atoms with Crippen molar-refractivity contribution in [1.82, 2.24) is 4.90 Å². The van der Waals surface area contributed by atoms with E-state index in [9.17, 15) is 9.59 Å². The Bertz CT molecular complexity index is 821. The van der Waals surface area contributed by atoms with Crippen molar-refractivity contribution < 1.29 is 9.59 Å². The van der Waals surface area contributed by atoms with Gasteiger partial charge in [0.25, 0.3) is 5.91 Å². The van der Waals surface area contributed by atoms with Crippen LogP contribution in [0.4, 0.5) is 5.69 Å². The van der Waals surface area contributed by atoms with Gasteiger partial charge < -0.3 is 10.2 Å². The fraction of sp³-hybridized carbons (Fsp3) is 0.278. The van der Waals surface area contributed by atoms with E-state index in [0.717, 1.165) is 4.88 Å². The van der Waals surface area contributed by atoms with Crippen molar-refractivity contribution in [1.29, 1.82) is 5.26 Å². The number of halogens is 1. The molecule has 1 aliphatic heterocycles. The first kappa shape index (κ1) is 17.5. The van der Waals surface area contributed by atoms with E-state index in [1.165, 1.54) is 11.3 Å². The molecule has 1 aliphatic rings. The number of benzene rings is 1. The summed E-state index contributed by atoms with van der Waals surface area (Å²) in [6.45, 7) is 1.14. The third-order valence-corrected chi connectivity index (χ3v) is 5.43. The highest BCUT2D eigenvalue weighted by molar-refractivity contribution is 7.12. The highest BCUT2D eigenvalue weighted by Gasteiger charge is 2.28. The van der Waals surface area contributed by atoms with Gasteiger partial charge in [0, 0.05) is 24.7 Å². The Balaban J connectivity index is 1.57. The molecule has 1 N–H and O–H groups in total. The van der Waals surface area contributed by atoms with Crippen LogP contribution in [0.2, 0.25) is 5.02 Å². The van der Waals surface area contributed by atoms with Gasteiger partial charge in [0.1, 0.15) is 6.07 Å². The largest absolute Gasteiger partial charge is 0.338 e. The summed E-state index contributed by atoms with van der Waals surface area (Å²) < 4.78 is 0. The highest BCUT2D eigenvalue weighted by Crippen LogP contribution is 2.24. The monoisotopic (exact) mass is 373 g/mol. The Labute approximate surface area is 154 Å². The minimum Gasteiger partial charge on any atom is -0.338 e. The summed E-state index contributed by atoms with van der Waals surface area (Å²) in [5, 5.41) is 14.1. The molecule has 0 spiro atoms. The third kappa shape index (κ3) is 4.01. The van der Waals surface area contributed by atoms with E-state index in [1.807, 2.05) is 23.6 Å². The molecule has 0 atom stereocenters. The van der Waals surface area contributed by atoms with Gasteiger partial charge in [0.15, 0.2) is 0 Å². The summed E-state index contributed by atoms with van der Waals surface area (Å²) in [6, 6.07) is 10.5. The number of likely N-dealkylation sites (tertiary alicyclic amines) is 1. The molecule has 1 aromatic heterocycles. The van der Waals surface area contributed by atoms with Crippen LogP contribution in [0.1, 0.15) is 28.1 Å². The Morgan fingerprint density at radius 1 is 1.28 bits per heavy atom. The minimum absolute atomic E-state index is 0.0326. The molecule has 1 saturated heterocycles. The molecule has 2 heterocycles. The first-order valence-corrected chi connectivity index (χ1v) is 9.17. The van der Waals surface area contributed by atoms with Gasteiger partial charge in [0.05, 0.1) is 15.5 Å². The zero-order valence-electron chi connectivity index (χ0n) is 13.4. The summed E-state index contributed by atoms with van der Waals surface area (Å²) in [6.07, 6.45) is 1.25. The van der Waals surface area contributed by atoms with E-state index < -0.39 is 0 Å². The lowest BCUT2D eigenvalue weighted by atomic mass is 9.95. The van der Waals surface area contributed by atoms with E-state index in [-0.39, 0.29) is 17.7 Å². The predicted molar refractivity (Wildman–Crippen MR) is 97.7 cm³/mol. The molecule has 0 saturated carbocycles. The molecule has 0 radical (unpaired) electrons. The van der Waals surface area contributed by atoms with E-state index in [2.05, 4.69) is 5.32 Å². The van der Waals surface area contributed by atoms with E-state index in [1.54, 1.807) is 23.1 Å². The fourth-order valence-corrected chi connectivity index (χ4v) is 3.68. The second-order valence-electron chi connectivity index (χ2n) is 5.84. The fourth-order valence-electron chi connectivity index (χ4n) is 2.83. The second-order valence-corrected chi connectivity index (χ2v) is 7.19. The third-order valence-electron chi connectivity index (χ3n) is 4.24. The molecular formula is C18H16ClN3O2S. The zero-order chi connectivity index (χ0) is 17.8. The predicted octanol–water partition coefficient (Wildman–Crippen LogP) is 3.76. The van der Waals surface area contributed by atoms with Gasteiger partial charge in [-0.3, -0.25) is 9.59 Å². The van der Waals surface area contributed by atoms with Crippen LogP contribution in [0.15, 0.2) is 35.7 Å². The average Bonchev–Trinajstić information content (AvgIpc) is 3.17. The number of thiophene rings is 1. The molecule has 2 aromatic rings. The second kappa shape index (κ2) is 7.68. The van der Waals surface area contributed by atoms with Gasteiger partial charge in [-0.05, 0) is 42.5 Å². The number of carbonyl (C=O) groups is 2. The Morgan fingerprint density at radius 2 is 2.04 bits per heavy atom. The molecule has 5 nitrogen and oxygen atoms in total. The SMILES string of the molecule is N#Cc1cc(NC(=O)C2CCN(C(=O)c3cccs3)CC2)ccc1Cl. The normalized spacial score (nSPS) is 14.8. The van der Waals surface area contributed by atoms with Gasteiger partial charge >= 0.3 is 0 Å². The van der Waals surface area contributed by atoms with E-state index >= 15 is 0 Å². The summed E-state index contributed by atoms with van der Waals surface area (Å²) in [7, 11) is 0. The molecule has 3 rings (SSSR count). The Morgan fingerprint density at radius 3 is 2.68 bits per heavy atom. The quantitative estimate of drug-likeness (QED) is 0.890. The molecule has 1 fully saturated rings. The van der Waals surface area contributed by atoms with Crippen molar-refractivity contribution in [3.8, 4) is 6.07 Å². The lowest BCUT2D eigenvalue weighted by Gasteiger charge is -2.31. The van der Waals surface area contributed by atoms with Gasteiger partial charge in [-0.15, -0.1) is 11.3 Å². The van der Waals surface area contributed by atoms with Crippen LogP contribution in [-0.2, 0) is 4.79 Å². The maximum absolute atomic E-state index is 12.4. The standard InChI is InChI=1S/C18H16ClN3O2S/c19-15-4-3-14(10-13(15)11-20)21-17(23)12-5-7-22(8-6-12)18(24)16-2-1-9-25-16/h1-4,9-10,12H,5-8H2,(H,21,23). The molecule has 7 heteroatoms. The summed E-state index contributed by atoms with van der Waals surface area (Å²) >= 11 is 7.33. The van der Waals surface area contributed by atoms with Crippen LogP contribution in [0.25, 0.3) is 0 Å². The smallest absolute Gasteiger partial charge is 0.263 e. The first-order valence-electron chi connectivity index (χ1n) is 7.92. The van der Waals surface area contributed by atoms with Crippen LogP contribution in [0.5, 0.6) is 0 Å². The summed E-state index contributed by atoms with van der Waals surface area (Å²) in [5.74, 6) is -0.201. The first-order chi connectivity index (χ1) is 12.1.